The first-order valence-electron chi connectivity index (χ1n) is 9.40. The summed E-state index contributed by atoms with van der Waals surface area (Å²) in [6, 6.07) is 11.5. The van der Waals surface area contributed by atoms with E-state index in [1.165, 1.54) is 5.69 Å². The van der Waals surface area contributed by atoms with Crippen LogP contribution in [-0.4, -0.2) is 38.6 Å². The smallest absolute Gasteiger partial charge is 0.251 e. The molecular formula is C21H24N6O. The maximum absolute atomic E-state index is 12.1. The first-order chi connectivity index (χ1) is 13.6. The van der Waals surface area contributed by atoms with Gasteiger partial charge in [-0.1, -0.05) is 18.2 Å². The van der Waals surface area contributed by atoms with Crippen molar-refractivity contribution >= 4 is 33.8 Å². The maximum Gasteiger partial charge on any atom is 0.251 e. The van der Waals surface area contributed by atoms with Crippen LogP contribution in [0.2, 0.25) is 0 Å². The Hall–Kier alpha value is -3.35. The highest BCUT2D eigenvalue weighted by molar-refractivity contribution is 6.06. The van der Waals surface area contributed by atoms with Crippen LogP contribution in [0.25, 0.3) is 22.1 Å². The molecule has 0 fully saturated rings. The summed E-state index contributed by atoms with van der Waals surface area (Å²) in [6.45, 7) is 0.631. The lowest BCUT2D eigenvalue weighted by molar-refractivity contribution is 0.0953. The Labute approximate surface area is 163 Å². The number of pyridine rings is 1. The second-order valence-corrected chi connectivity index (χ2v) is 6.92. The molecule has 0 spiro atoms. The van der Waals surface area contributed by atoms with Crippen molar-refractivity contribution in [2.75, 3.05) is 18.9 Å². The first-order valence-corrected chi connectivity index (χ1v) is 9.40. The van der Waals surface area contributed by atoms with Gasteiger partial charge in [-0.2, -0.15) is 0 Å². The number of benzene rings is 1. The summed E-state index contributed by atoms with van der Waals surface area (Å²) in [5.74, 6) is 0.750. The summed E-state index contributed by atoms with van der Waals surface area (Å²) in [5.41, 5.74) is 4.77. The predicted octanol–water partition coefficient (Wildman–Crippen LogP) is 2.86. The summed E-state index contributed by atoms with van der Waals surface area (Å²) in [4.78, 5) is 21.4. The number of nitrogens with one attached hydrogen (secondary N) is 2. The van der Waals surface area contributed by atoms with Gasteiger partial charge in [-0.15, -0.1) is 0 Å². The molecule has 0 saturated heterocycles. The van der Waals surface area contributed by atoms with Gasteiger partial charge in [0.05, 0.1) is 11.8 Å². The Morgan fingerprint density at radius 2 is 1.96 bits per heavy atom. The van der Waals surface area contributed by atoms with Crippen molar-refractivity contribution in [3.05, 3.63) is 54.0 Å². The fourth-order valence-corrected chi connectivity index (χ4v) is 3.61. The third kappa shape index (κ3) is 3.09. The molecular weight excluding hydrogens is 352 g/mol. The molecule has 7 nitrogen and oxygen atoms in total. The lowest BCUT2D eigenvalue weighted by Gasteiger charge is -2.07. The molecule has 3 heterocycles. The monoisotopic (exact) mass is 376 g/mol. The van der Waals surface area contributed by atoms with Crippen molar-refractivity contribution in [3.63, 3.8) is 0 Å². The number of aryl methyl sites for hydroxylation is 3. The van der Waals surface area contributed by atoms with Gasteiger partial charge >= 0.3 is 0 Å². The van der Waals surface area contributed by atoms with E-state index in [4.69, 9.17) is 4.98 Å². The lowest BCUT2D eigenvalue weighted by Crippen LogP contribution is -2.24. The van der Waals surface area contributed by atoms with E-state index in [2.05, 4.69) is 26.3 Å². The Morgan fingerprint density at radius 1 is 1.18 bits per heavy atom. The summed E-state index contributed by atoms with van der Waals surface area (Å²) in [6.07, 6.45) is 3.53. The van der Waals surface area contributed by atoms with E-state index in [0.29, 0.717) is 12.1 Å². The third-order valence-electron chi connectivity index (χ3n) is 5.10. The largest absolute Gasteiger partial charge is 0.371 e. The number of hydrogen-bond acceptors (Lipinski definition) is 4. The van der Waals surface area contributed by atoms with E-state index in [0.717, 1.165) is 40.7 Å². The fraction of sp³-hybridized carbons (Fsp3) is 0.286. The minimum Gasteiger partial charge on any atom is -0.371 e. The highest BCUT2D eigenvalue weighted by atomic mass is 16.1. The molecule has 4 rings (SSSR count). The predicted molar refractivity (Wildman–Crippen MR) is 112 cm³/mol. The van der Waals surface area contributed by atoms with Crippen LogP contribution in [0.5, 0.6) is 0 Å². The number of carbonyl (C=O) groups is 1. The van der Waals surface area contributed by atoms with Crippen LogP contribution >= 0.6 is 0 Å². The SMILES string of the molecule is CNc1nc2c(cc(CCCNC(=O)c3ccccc3)n2C)c2c1ncn2C. The van der Waals surface area contributed by atoms with Crippen LogP contribution in [0.3, 0.4) is 0 Å². The summed E-state index contributed by atoms with van der Waals surface area (Å²) < 4.78 is 4.16. The van der Waals surface area contributed by atoms with Gasteiger partial charge in [0.2, 0.25) is 0 Å². The molecule has 0 bridgehead atoms. The molecule has 2 N–H and O–H groups in total. The van der Waals surface area contributed by atoms with E-state index < -0.39 is 0 Å². The molecule has 0 aliphatic carbocycles. The van der Waals surface area contributed by atoms with Gasteiger partial charge in [0.25, 0.3) is 5.91 Å². The topological polar surface area (TPSA) is 76.8 Å². The second-order valence-electron chi connectivity index (χ2n) is 6.92. The Bertz CT molecular complexity index is 1140. The summed E-state index contributed by atoms with van der Waals surface area (Å²) >= 11 is 0. The van der Waals surface area contributed by atoms with Crippen LogP contribution in [0.1, 0.15) is 22.5 Å². The molecule has 0 aliphatic rings. The molecule has 28 heavy (non-hydrogen) atoms. The minimum atomic E-state index is -0.0328. The molecule has 0 unspecified atom stereocenters. The van der Waals surface area contributed by atoms with Crippen LogP contribution in [0.15, 0.2) is 42.7 Å². The molecule has 144 valence electrons. The number of hydrogen-bond donors (Lipinski definition) is 2. The molecule has 0 radical (unpaired) electrons. The maximum atomic E-state index is 12.1. The number of aromatic nitrogens is 4. The van der Waals surface area contributed by atoms with Gasteiger partial charge in [0.15, 0.2) is 5.82 Å². The molecule has 1 amide bonds. The molecule has 3 aromatic heterocycles. The van der Waals surface area contributed by atoms with Crippen molar-refractivity contribution in [3.8, 4) is 0 Å². The van der Waals surface area contributed by atoms with Crippen molar-refractivity contribution in [1.82, 2.24) is 24.4 Å². The van der Waals surface area contributed by atoms with E-state index in [1.807, 2.05) is 62.4 Å². The molecule has 4 aromatic rings. The van der Waals surface area contributed by atoms with Gasteiger partial charge in [-0.3, -0.25) is 4.79 Å². The van der Waals surface area contributed by atoms with Gasteiger partial charge < -0.3 is 19.8 Å². The van der Waals surface area contributed by atoms with Crippen molar-refractivity contribution < 1.29 is 4.79 Å². The van der Waals surface area contributed by atoms with Crippen molar-refractivity contribution in [2.24, 2.45) is 14.1 Å². The van der Waals surface area contributed by atoms with Gasteiger partial charge in [-0.25, -0.2) is 9.97 Å². The highest BCUT2D eigenvalue weighted by Crippen LogP contribution is 2.30. The summed E-state index contributed by atoms with van der Waals surface area (Å²) in [5, 5.41) is 7.23. The Balaban J connectivity index is 1.52. The first kappa shape index (κ1) is 18.0. The van der Waals surface area contributed by atoms with Gasteiger partial charge in [0.1, 0.15) is 11.2 Å². The molecule has 7 heteroatoms. The van der Waals surface area contributed by atoms with E-state index in [-0.39, 0.29) is 5.91 Å². The number of fused-ring (bicyclic) bond motifs is 3. The normalized spacial score (nSPS) is 11.2. The van der Waals surface area contributed by atoms with Crippen LogP contribution < -0.4 is 10.6 Å². The Kier molecular flexibility index (Phi) is 4.73. The Morgan fingerprint density at radius 3 is 2.71 bits per heavy atom. The number of nitrogens with zero attached hydrogens (tertiary/aromatic N) is 4. The quantitative estimate of drug-likeness (QED) is 0.507. The van der Waals surface area contributed by atoms with Crippen molar-refractivity contribution in [2.45, 2.75) is 12.8 Å². The number of rotatable bonds is 6. The zero-order valence-electron chi connectivity index (χ0n) is 16.4. The van der Waals surface area contributed by atoms with E-state index in [9.17, 15) is 4.79 Å². The number of carbonyl (C=O) groups excluding carboxylic acids is 1. The number of anilines is 1. The fourth-order valence-electron chi connectivity index (χ4n) is 3.61. The molecule has 0 aliphatic heterocycles. The zero-order valence-corrected chi connectivity index (χ0v) is 16.4. The zero-order chi connectivity index (χ0) is 19.7. The highest BCUT2D eigenvalue weighted by Gasteiger charge is 2.16. The average Bonchev–Trinajstić information content (AvgIpc) is 3.25. The molecule has 0 atom stereocenters. The second kappa shape index (κ2) is 7.34. The van der Waals surface area contributed by atoms with Crippen LogP contribution in [-0.2, 0) is 20.5 Å². The minimum absolute atomic E-state index is 0.0328. The standard InChI is InChI=1S/C21H24N6O/c1-22-19-17-18(26(2)13-24-17)16-12-15(27(3)20(16)25-19)10-7-11-23-21(28)14-8-5-4-6-9-14/h4-6,8-9,12-13H,7,10-11H2,1-3H3,(H,22,25)(H,23,28). The van der Waals surface area contributed by atoms with E-state index in [1.54, 1.807) is 0 Å². The molecule has 1 aromatic carbocycles. The third-order valence-corrected chi connectivity index (χ3v) is 5.10. The average molecular weight is 376 g/mol. The number of amides is 1. The molecule has 0 saturated carbocycles. The number of imidazole rings is 1. The van der Waals surface area contributed by atoms with Gasteiger partial charge in [0, 0.05) is 44.3 Å². The summed E-state index contributed by atoms with van der Waals surface area (Å²) in [7, 11) is 5.90. The van der Waals surface area contributed by atoms with Gasteiger partial charge in [-0.05, 0) is 31.0 Å². The van der Waals surface area contributed by atoms with Crippen LogP contribution in [0, 0.1) is 0 Å². The lowest BCUT2D eigenvalue weighted by atomic mass is 10.2. The van der Waals surface area contributed by atoms with E-state index >= 15 is 0 Å². The van der Waals surface area contributed by atoms with Crippen molar-refractivity contribution in [1.29, 1.82) is 0 Å². The van der Waals surface area contributed by atoms with Crippen LogP contribution in [0.4, 0.5) is 5.82 Å².